The van der Waals surface area contributed by atoms with Crippen LogP contribution in [0.1, 0.15) is 31.9 Å². The molecule has 3 rings (SSSR count). The van der Waals surface area contributed by atoms with E-state index in [0.717, 1.165) is 25.7 Å². The first kappa shape index (κ1) is 32.3. The van der Waals surface area contributed by atoms with Crippen LogP contribution in [-0.2, 0) is 31.6 Å². The number of anilines is 1. The zero-order valence-corrected chi connectivity index (χ0v) is 23.5. The van der Waals surface area contributed by atoms with Crippen LogP contribution in [0, 0.1) is 4.64 Å². The number of nitrogens with one attached hydrogen (secondary N) is 2. The van der Waals surface area contributed by atoms with Crippen LogP contribution in [0.25, 0.3) is 11.2 Å². The molecule has 1 fully saturated rings. The van der Waals surface area contributed by atoms with Crippen molar-refractivity contribution in [1.82, 2.24) is 19.5 Å². The number of nitrogens with zero attached hydrogens (tertiary/aromatic N) is 3. The largest absolute Gasteiger partial charge is 0.490 e. The summed E-state index contributed by atoms with van der Waals surface area (Å²) in [4.78, 5) is 47.4. The van der Waals surface area contributed by atoms with Crippen molar-refractivity contribution in [3.8, 4) is 0 Å². The monoisotopic (exact) mass is 638 g/mol. The molecule has 0 radical (unpaired) electrons. The van der Waals surface area contributed by atoms with Crippen LogP contribution in [-0.4, -0.2) is 87.3 Å². The molecular weight excluding hydrogens is 609 g/mol. The molecule has 0 saturated carbocycles. The molecule has 0 amide bonds. The number of rotatable bonds is 15. The van der Waals surface area contributed by atoms with Crippen LogP contribution in [0.15, 0.2) is 6.33 Å². The SMILES string of the molecule is NCCCCCCNc1nc(=S)c2ncn([C@@H]3O[C@H](COP(=O)(O)OP(=O)(O)OP(=O)(O)O)C(O)[C@@H]3O)c2[nH]1. The fourth-order valence-electron chi connectivity index (χ4n) is 3.61. The Bertz CT molecular complexity index is 1340. The quantitative estimate of drug-likeness (QED) is 0.0723. The smallest absolute Gasteiger partial charge is 0.387 e. The van der Waals surface area contributed by atoms with E-state index in [1.807, 2.05) is 0 Å². The third-order valence-corrected chi connectivity index (χ3v) is 9.39. The van der Waals surface area contributed by atoms with Gasteiger partial charge in [-0.05, 0) is 19.4 Å². The third kappa shape index (κ3) is 9.16. The lowest BCUT2D eigenvalue weighted by Crippen LogP contribution is -2.33. The lowest BCUT2D eigenvalue weighted by molar-refractivity contribution is -0.0503. The molecule has 0 aromatic carbocycles. The number of fused-ring (bicyclic) bond motifs is 1. The van der Waals surface area contributed by atoms with Gasteiger partial charge in [-0.1, -0.05) is 25.1 Å². The maximum absolute atomic E-state index is 12.0. The van der Waals surface area contributed by atoms with Gasteiger partial charge in [0.2, 0.25) is 5.95 Å². The summed E-state index contributed by atoms with van der Waals surface area (Å²) in [5.74, 6) is 0.324. The molecule has 6 atom stereocenters. The minimum Gasteiger partial charge on any atom is -0.387 e. The number of aromatic amines is 1. The first-order valence-corrected chi connectivity index (χ1v) is 16.3. The first-order chi connectivity index (χ1) is 18.1. The Labute approximate surface area is 225 Å². The van der Waals surface area contributed by atoms with Crippen LogP contribution in [0.5, 0.6) is 0 Å². The average Bonchev–Trinajstić information content (AvgIpc) is 3.34. The van der Waals surface area contributed by atoms with Gasteiger partial charge < -0.3 is 50.6 Å². The van der Waals surface area contributed by atoms with Crippen molar-refractivity contribution in [2.75, 3.05) is 25.0 Å². The Kier molecular flexibility index (Phi) is 10.9. The Balaban J connectivity index is 1.68. The molecule has 2 aromatic heterocycles. The lowest BCUT2D eigenvalue weighted by atomic mass is 10.1. The molecule has 0 bridgehead atoms. The van der Waals surface area contributed by atoms with Gasteiger partial charge >= 0.3 is 23.5 Å². The van der Waals surface area contributed by atoms with Gasteiger partial charge in [-0.3, -0.25) is 9.09 Å². The summed E-state index contributed by atoms with van der Waals surface area (Å²) >= 11 is 5.29. The van der Waals surface area contributed by atoms with Crippen molar-refractivity contribution in [3.05, 3.63) is 11.0 Å². The molecule has 0 spiro atoms. The second-order valence-corrected chi connectivity index (χ2v) is 13.1. The zero-order chi connectivity index (χ0) is 29.0. The van der Waals surface area contributed by atoms with Crippen molar-refractivity contribution < 1.29 is 61.4 Å². The van der Waals surface area contributed by atoms with E-state index in [4.69, 9.17) is 32.5 Å². The van der Waals surface area contributed by atoms with E-state index >= 15 is 0 Å². The second-order valence-electron chi connectivity index (χ2n) is 8.30. The number of aliphatic hydroxyl groups excluding tert-OH is 2. The molecule has 2 aromatic rings. The number of imidazole rings is 1. The van der Waals surface area contributed by atoms with Crippen molar-refractivity contribution in [2.45, 2.75) is 50.2 Å². The summed E-state index contributed by atoms with van der Waals surface area (Å²) in [5.41, 5.74) is 6.03. The van der Waals surface area contributed by atoms with Crippen LogP contribution in [0.2, 0.25) is 0 Å². The maximum Gasteiger partial charge on any atom is 0.490 e. The van der Waals surface area contributed by atoms with Gasteiger partial charge in [0.25, 0.3) is 0 Å². The van der Waals surface area contributed by atoms with Crippen molar-refractivity contribution in [3.63, 3.8) is 0 Å². The van der Waals surface area contributed by atoms with Gasteiger partial charge in [-0.15, -0.1) is 0 Å². The molecule has 1 aliphatic heterocycles. The number of ether oxygens (including phenoxy) is 1. The summed E-state index contributed by atoms with van der Waals surface area (Å²) < 4.78 is 53.0. The van der Waals surface area contributed by atoms with Crippen molar-refractivity contribution in [2.24, 2.45) is 5.73 Å². The topological polar surface area (TPSA) is 294 Å². The third-order valence-electron chi connectivity index (χ3n) is 5.30. The fourth-order valence-corrected chi connectivity index (χ4v) is 6.88. The predicted octanol–water partition coefficient (Wildman–Crippen LogP) is 0.382. The molecule has 1 saturated heterocycles. The van der Waals surface area contributed by atoms with E-state index in [0.29, 0.717) is 19.0 Å². The van der Waals surface area contributed by atoms with Gasteiger partial charge in [-0.25, -0.2) is 23.7 Å². The molecule has 3 unspecified atom stereocenters. The standard InChI is InChI=1S/C16H29N6O13P3S/c17-5-3-1-2-4-6-18-16-20-13-10(14(39)21-16)19-8-22(13)15-12(24)11(23)9(33-15)7-32-37(28,29)35-38(30,31)34-36(25,26)27/h8-9,11-12,15,23-24H,1-7,17H2,(H,28,29)(H,30,31)(H2,25,26,27)(H2,18,20,21,39)/t9-,11?,12+,15-/m1/s1. The van der Waals surface area contributed by atoms with Gasteiger partial charge in [0.15, 0.2) is 10.9 Å². The van der Waals surface area contributed by atoms with Crippen molar-refractivity contribution >= 4 is 52.8 Å². The average molecular weight is 638 g/mol. The lowest BCUT2D eigenvalue weighted by Gasteiger charge is -2.19. The van der Waals surface area contributed by atoms with Gasteiger partial charge in [-0.2, -0.15) is 8.62 Å². The number of unbranched alkanes of at least 4 members (excludes halogenated alkanes) is 3. The summed E-state index contributed by atoms with van der Waals surface area (Å²) in [5, 5.41) is 24.1. The summed E-state index contributed by atoms with van der Waals surface area (Å²) in [6, 6.07) is 0. The van der Waals surface area contributed by atoms with Crippen LogP contribution in [0.4, 0.5) is 5.95 Å². The van der Waals surface area contributed by atoms with Crippen LogP contribution in [0.3, 0.4) is 0 Å². The number of hydrogen-bond acceptors (Lipinski definition) is 14. The number of aliphatic hydroxyl groups is 2. The van der Waals surface area contributed by atoms with Crippen LogP contribution >= 0.6 is 35.7 Å². The number of aromatic nitrogens is 4. The number of H-pyrrole nitrogens is 1. The Morgan fingerprint density at radius 3 is 2.44 bits per heavy atom. The Morgan fingerprint density at radius 1 is 1.08 bits per heavy atom. The van der Waals surface area contributed by atoms with E-state index in [-0.39, 0.29) is 15.8 Å². The Morgan fingerprint density at radius 2 is 1.77 bits per heavy atom. The number of nitrogens with two attached hydrogens (primary N) is 1. The van der Waals surface area contributed by atoms with E-state index in [1.54, 1.807) is 0 Å². The number of phosphoric ester groups is 1. The molecule has 3 heterocycles. The highest BCUT2D eigenvalue weighted by atomic mass is 32.1. The fraction of sp³-hybridized carbons (Fsp3) is 0.688. The molecule has 19 nitrogen and oxygen atoms in total. The van der Waals surface area contributed by atoms with E-state index in [2.05, 4.69) is 33.4 Å². The molecule has 23 heteroatoms. The minimum absolute atomic E-state index is 0.144. The highest BCUT2D eigenvalue weighted by molar-refractivity contribution is 7.71. The summed E-state index contributed by atoms with van der Waals surface area (Å²) in [6.07, 6.45) is -1.04. The molecule has 0 aliphatic carbocycles. The first-order valence-electron chi connectivity index (χ1n) is 11.3. The molecule has 1 aliphatic rings. The van der Waals surface area contributed by atoms with Gasteiger partial charge in [0.1, 0.15) is 29.5 Å². The highest BCUT2D eigenvalue weighted by Crippen LogP contribution is 2.66. The zero-order valence-electron chi connectivity index (χ0n) is 20.0. The molecule has 222 valence electrons. The second kappa shape index (κ2) is 13.2. The summed E-state index contributed by atoms with van der Waals surface area (Å²) in [6.45, 7) is 0.262. The van der Waals surface area contributed by atoms with E-state index in [9.17, 15) is 33.7 Å². The van der Waals surface area contributed by atoms with E-state index < -0.39 is 54.6 Å². The minimum atomic E-state index is -5.73. The van der Waals surface area contributed by atoms with Crippen LogP contribution < -0.4 is 11.1 Å². The van der Waals surface area contributed by atoms with Crippen molar-refractivity contribution in [1.29, 1.82) is 0 Å². The Hall–Kier alpha value is -1.18. The summed E-state index contributed by atoms with van der Waals surface area (Å²) in [7, 11) is -16.8. The van der Waals surface area contributed by atoms with Gasteiger partial charge in [0, 0.05) is 6.54 Å². The van der Waals surface area contributed by atoms with E-state index in [1.165, 1.54) is 10.9 Å². The number of phosphoric acid groups is 3. The predicted molar refractivity (Wildman–Crippen MR) is 134 cm³/mol. The highest BCUT2D eigenvalue weighted by Gasteiger charge is 2.47. The maximum atomic E-state index is 12.0. The normalized spacial score (nSPS) is 25.0. The number of hydrogen-bond donors (Lipinski definition) is 9. The molecular formula is C16H29N6O13P3S. The molecule has 10 N–H and O–H groups in total. The molecule has 39 heavy (non-hydrogen) atoms. The van der Waals surface area contributed by atoms with Gasteiger partial charge in [0.05, 0.1) is 12.9 Å².